The largest absolute Gasteiger partial charge is 0.416 e. The lowest BCUT2D eigenvalue weighted by atomic mass is 10.0. The number of nitrogens with zero attached hydrogens (tertiary/aromatic N) is 1. The molecule has 0 heterocycles. The molecule has 0 aliphatic heterocycles. The average molecular weight is 259 g/mol. The Bertz CT molecular complexity index is 469. The topological polar surface area (TPSA) is 29.5 Å². The summed E-state index contributed by atoms with van der Waals surface area (Å²) in [7, 11) is 2.66. The summed E-state index contributed by atoms with van der Waals surface area (Å²) in [4.78, 5) is 16.5. The Hall–Kier alpha value is -1.82. The van der Waals surface area contributed by atoms with Gasteiger partial charge in [-0.3, -0.25) is 9.63 Å². The highest BCUT2D eigenvalue weighted by molar-refractivity contribution is 5.97. The molecule has 18 heavy (non-hydrogen) atoms. The predicted molar refractivity (Wildman–Crippen MR) is 60.6 cm³/mol. The molecule has 3 nitrogen and oxygen atoms in total. The summed E-state index contributed by atoms with van der Waals surface area (Å²) in [6.07, 6.45) is -3.25. The van der Waals surface area contributed by atoms with E-state index in [1.54, 1.807) is 0 Å². The number of rotatable bonds is 3. The lowest BCUT2D eigenvalue weighted by Crippen LogP contribution is -2.26. The normalized spacial score (nSPS) is 11.2. The van der Waals surface area contributed by atoms with Crippen LogP contribution in [0.5, 0.6) is 0 Å². The van der Waals surface area contributed by atoms with Gasteiger partial charge < -0.3 is 0 Å². The fraction of sp³-hybridized carbons (Fsp3) is 0.250. The second-order valence-electron chi connectivity index (χ2n) is 3.49. The van der Waals surface area contributed by atoms with Crippen molar-refractivity contribution >= 4 is 12.0 Å². The van der Waals surface area contributed by atoms with Crippen LogP contribution in [0.4, 0.5) is 13.2 Å². The van der Waals surface area contributed by atoms with E-state index in [9.17, 15) is 18.0 Å². The minimum Gasteiger partial charge on any atom is -0.274 e. The van der Waals surface area contributed by atoms with Crippen molar-refractivity contribution in [3.8, 4) is 0 Å². The maximum Gasteiger partial charge on any atom is 0.416 e. The second kappa shape index (κ2) is 5.22. The Kier molecular flexibility index (Phi) is 4.13. The molecule has 1 rings (SSSR count). The molecule has 0 unspecified atom stereocenters. The van der Waals surface area contributed by atoms with Gasteiger partial charge in [0.25, 0.3) is 5.91 Å². The zero-order valence-corrected chi connectivity index (χ0v) is 9.91. The zero-order valence-electron chi connectivity index (χ0n) is 9.91. The van der Waals surface area contributed by atoms with Crippen molar-refractivity contribution in [1.82, 2.24) is 5.06 Å². The third kappa shape index (κ3) is 2.89. The molecular weight excluding hydrogens is 247 g/mol. The molecule has 0 spiro atoms. The number of amides is 1. The lowest BCUT2D eigenvalue weighted by molar-refractivity contribution is -0.137. The van der Waals surface area contributed by atoms with Crippen LogP contribution in [-0.4, -0.2) is 25.1 Å². The number of alkyl halides is 3. The Morgan fingerprint density at radius 1 is 1.44 bits per heavy atom. The van der Waals surface area contributed by atoms with Crippen molar-refractivity contribution in [3.05, 3.63) is 41.5 Å². The number of halogens is 3. The fourth-order valence-corrected chi connectivity index (χ4v) is 1.36. The molecule has 98 valence electrons. The highest BCUT2D eigenvalue weighted by atomic mass is 19.4. The van der Waals surface area contributed by atoms with Gasteiger partial charge in [0.1, 0.15) is 0 Å². The third-order valence-corrected chi connectivity index (χ3v) is 2.39. The smallest absolute Gasteiger partial charge is 0.274 e. The first kappa shape index (κ1) is 14.2. The van der Waals surface area contributed by atoms with E-state index >= 15 is 0 Å². The number of hydrogen-bond acceptors (Lipinski definition) is 2. The van der Waals surface area contributed by atoms with Gasteiger partial charge >= 0.3 is 6.18 Å². The van der Waals surface area contributed by atoms with Gasteiger partial charge in [0.05, 0.1) is 12.7 Å². The van der Waals surface area contributed by atoms with Crippen molar-refractivity contribution in [3.63, 3.8) is 0 Å². The monoisotopic (exact) mass is 259 g/mol. The first-order valence-corrected chi connectivity index (χ1v) is 4.97. The molecule has 0 aliphatic carbocycles. The molecule has 0 N–H and O–H groups in total. The maximum atomic E-state index is 12.5. The molecule has 0 aliphatic rings. The van der Waals surface area contributed by atoms with E-state index < -0.39 is 17.6 Å². The molecule has 0 atom stereocenters. The summed E-state index contributed by atoms with van der Waals surface area (Å²) in [5, 5.41) is 0.926. The number of hydrogen-bond donors (Lipinski definition) is 0. The molecule has 0 radical (unpaired) electrons. The van der Waals surface area contributed by atoms with Crippen LogP contribution in [-0.2, 0) is 11.0 Å². The molecule has 0 bridgehead atoms. The molecular formula is C12H12F3NO2. The van der Waals surface area contributed by atoms with Crippen LogP contribution in [0.1, 0.15) is 21.5 Å². The van der Waals surface area contributed by atoms with Crippen molar-refractivity contribution in [1.29, 1.82) is 0 Å². The van der Waals surface area contributed by atoms with Crippen molar-refractivity contribution in [2.24, 2.45) is 0 Å². The Morgan fingerprint density at radius 2 is 2.06 bits per heavy atom. The van der Waals surface area contributed by atoms with Crippen LogP contribution in [0.2, 0.25) is 0 Å². The van der Waals surface area contributed by atoms with Crippen LogP contribution in [0.25, 0.3) is 6.08 Å². The average Bonchev–Trinajstić information content (AvgIpc) is 2.35. The van der Waals surface area contributed by atoms with Crippen LogP contribution in [0, 0.1) is 0 Å². The van der Waals surface area contributed by atoms with Gasteiger partial charge in [0, 0.05) is 12.6 Å². The molecule has 6 heteroatoms. The van der Waals surface area contributed by atoms with Crippen molar-refractivity contribution in [2.45, 2.75) is 6.18 Å². The van der Waals surface area contributed by atoms with Crippen LogP contribution in [0.3, 0.4) is 0 Å². The quantitative estimate of drug-likeness (QED) is 0.781. The van der Waals surface area contributed by atoms with Crippen LogP contribution >= 0.6 is 0 Å². The minimum atomic E-state index is -4.45. The summed E-state index contributed by atoms with van der Waals surface area (Å²) in [5.41, 5.74) is -0.616. The highest BCUT2D eigenvalue weighted by Crippen LogP contribution is 2.31. The van der Waals surface area contributed by atoms with E-state index in [0.717, 1.165) is 23.3 Å². The number of carbonyl (C=O) groups is 1. The van der Waals surface area contributed by atoms with Gasteiger partial charge in [-0.2, -0.15) is 13.2 Å². The minimum absolute atomic E-state index is 0.0994. The molecule has 0 saturated carbocycles. The highest BCUT2D eigenvalue weighted by Gasteiger charge is 2.31. The van der Waals surface area contributed by atoms with Gasteiger partial charge in [-0.1, -0.05) is 12.7 Å². The van der Waals surface area contributed by atoms with Gasteiger partial charge in [0.2, 0.25) is 0 Å². The van der Waals surface area contributed by atoms with Crippen molar-refractivity contribution < 1.29 is 22.8 Å². The first-order chi connectivity index (χ1) is 8.31. The molecule has 0 aromatic heterocycles. The summed E-state index contributed by atoms with van der Waals surface area (Å²) in [6, 6.07) is 2.84. The van der Waals surface area contributed by atoms with E-state index in [1.807, 2.05) is 0 Å². The zero-order chi connectivity index (χ0) is 13.9. The fourth-order valence-electron chi connectivity index (χ4n) is 1.36. The third-order valence-electron chi connectivity index (χ3n) is 2.39. The number of hydroxylamine groups is 2. The van der Waals surface area contributed by atoms with E-state index in [2.05, 4.69) is 6.58 Å². The Morgan fingerprint density at radius 3 is 2.50 bits per heavy atom. The summed E-state index contributed by atoms with van der Waals surface area (Å²) >= 11 is 0. The van der Waals surface area contributed by atoms with E-state index in [1.165, 1.54) is 20.2 Å². The molecule has 1 aromatic carbocycles. The summed E-state index contributed by atoms with van der Waals surface area (Å²) in [6.45, 7) is 3.40. The predicted octanol–water partition coefficient (Wildman–Crippen LogP) is 2.98. The van der Waals surface area contributed by atoms with Gasteiger partial charge in [-0.25, -0.2) is 5.06 Å². The molecule has 0 saturated heterocycles. The van der Waals surface area contributed by atoms with Crippen molar-refractivity contribution in [2.75, 3.05) is 14.2 Å². The molecule has 1 aromatic rings. The summed E-state index contributed by atoms with van der Waals surface area (Å²) < 4.78 is 37.5. The second-order valence-corrected chi connectivity index (χ2v) is 3.49. The van der Waals surface area contributed by atoms with Gasteiger partial charge in [-0.15, -0.1) is 0 Å². The Balaban J connectivity index is 3.24. The van der Waals surface area contributed by atoms with E-state index in [0.29, 0.717) is 0 Å². The van der Waals surface area contributed by atoms with Gasteiger partial charge in [-0.05, 0) is 23.8 Å². The number of carbonyl (C=O) groups excluding carboxylic acids is 1. The van der Waals surface area contributed by atoms with Crippen LogP contribution < -0.4 is 0 Å². The molecule has 0 fully saturated rings. The maximum absolute atomic E-state index is 12.5. The van der Waals surface area contributed by atoms with E-state index in [4.69, 9.17) is 4.84 Å². The summed E-state index contributed by atoms with van der Waals surface area (Å²) in [5.74, 6) is -0.541. The van der Waals surface area contributed by atoms with Crippen LogP contribution in [0.15, 0.2) is 24.8 Å². The molecule has 1 amide bonds. The number of benzene rings is 1. The Labute approximate surface area is 102 Å². The van der Waals surface area contributed by atoms with E-state index in [-0.39, 0.29) is 11.1 Å². The standard InChI is InChI=1S/C12H12F3NO2/c1-4-8-7-9(12(13,14)15)5-6-10(8)11(17)16(2)18-3/h4-7H,1H2,2-3H3. The SMILES string of the molecule is C=Cc1cc(C(F)(F)F)ccc1C(=O)N(C)OC. The lowest BCUT2D eigenvalue weighted by Gasteiger charge is -2.16. The first-order valence-electron chi connectivity index (χ1n) is 4.97. The van der Waals surface area contributed by atoms with Gasteiger partial charge in [0.15, 0.2) is 0 Å².